The number of aryl methyl sites for hydroxylation is 2. The molecule has 0 amide bonds. The summed E-state index contributed by atoms with van der Waals surface area (Å²) >= 11 is 0. The van der Waals surface area contributed by atoms with Crippen molar-refractivity contribution in [2.75, 3.05) is 0 Å². The second-order valence-corrected chi connectivity index (χ2v) is 7.25. The first-order valence-corrected chi connectivity index (χ1v) is 9.92. The Bertz CT molecular complexity index is 1430. The zero-order chi connectivity index (χ0) is 21.4. The van der Waals surface area contributed by atoms with Gasteiger partial charge in [-0.3, -0.25) is 9.36 Å². The second kappa shape index (κ2) is 7.60. The maximum absolute atomic E-state index is 12.9. The summed E-state index contributed by atoms with van der Waals surface area (Å²) in [6.07, 6.45) is 2.39. The van der Waals surface area contributed by atoms with E-state index >= 15 is 0 Å². The Morgan fingerprint density at radius 2 is 1.94 bits per heavy atom. The molecule has 3 aromatic heterocycles. The summed E-state index contributed by atoms with van der Waals surface area (Å²) in [5, 5.41) is 12.2. The first kappa shape index (κ1) is 18.9. The molecule has 3 heterocycles. The zero-order valence-electron chi connectivity index (χ0n) is 17.1. The molecule has 0 spiro atoms. The maximum Gasteiger partial charge on any atom is 0.284 e. The van der Waals surface area contributed by atoms with Crippen LogP contribution in [0.4, 0.5) is 0 Å². The fourth-order valence-electron chi connectivity index (χ4n) is 3.37. The van der Waals surface area contributed by atoms with Gasteiger partial charge >= 0.3 is 0 Å². The molecule has 0 saturated heterocycles. The average molecular weight is 413 g/mol. The Labute approximate surface area is 177 Å². The first-order valence-electron chi connectivity index (χ1n) is 9.92. The highest BCUT2D eigenvalue weighted by Crippen LogP contribution is 2.17. The van der Waals surface area contributed by atoms with Crippen molar-refractivity contribution in [3.63, 3.8) is 0 Å². The van der Waals surface area contributed by atoms with Gasteiger partial charge in [0.1, 0.15) is 12.9 Å². The summed E-state index contributed by atoms with van der Waals surface area (Å²) in [6.45, 7) is 4.19. The van der Waals surface area contributed by atoms with E-state index < -0.39 is 0 Å². The van der Waals surface area contributed by atoms with E-state index in [0.29, 0.717) is 17.4 Å². The van der Waals surface area contributed by atoms with Crippen LogP contribution in [0.15, 0.2) is 64.2 Å². The summed E-state index contributed by atoms with van der Waals surface area (Å²) < 4.78 is 8.28. The van der Waals surface area contributed by atoms with E-state index in [1.807, 2.05) is 55.5 Å². The molecule has 5 aromatic rings. The van der Waals surface area contributed by atoms with Crippen molar-refractivity contribution in [2.24, 2.45) is 0 Å². The topological polar surface area (TPSA) is 105 Å². The summed E-state index contributed by atoms with van der Waals surface area (Å²) in [5.41, 5.74) is 4.22. The van der Waals surface area contributed by atoms with Crippen molar-refractivity contribution in [1.29, 1.82) is 0 Å². The normalized spacial score (nSPS) is 11.3. The number of nitrogens with zero attached hydrogens (tertiary/aromatic N) is 7. The predicted molar refractivity (Wildman–Crippen MR) is 114 cm³/mol. The SMILES string of the molecule is CCc1ccc(-n2nnc3c(=O)n(Cc4nc(-c5cccc(C)c5)no4)cnc32)cc1. The minimum atomic E-state index is -0.322. The third kappa shape index (κ3) is 3.50. The largest absolute Gasteiger partial charge is 0.337 e. The summed E-state index contributed by atoms with van der Waals surface area (Å²) in [7, 11) is 0. The molecule has 0 unspecified atom stereocenters. The molecule has 0 saturated carbocycles. The Morgan fingerprint density at radius 3 is 2.71 bits per heavy atom. The van der Waals surface area contributed by atoms with Crippen LogP contribution in [0.1, 0.15) is 23.9 Å². The van der Waals surface area contributed by atoms with E-state index in [0.717, 1.165) is 23.2 Å². The summed E-state index contributed by atoms with van der Waals surface area (Å²) in [6, 6.07) is 15.7. The third-order valence-corrected chi connectivity index (χ3v) is 5.07. The van der Waals surface area contributed by atoms with Crippen LogP contribution in [0, 0.1) is 6.92 Å². The Balaban J connectivity index is 1.45. The third-order valence-electron chi connectivity index (χ3n) is 5.07. The van der Waals surface area contributed by atoms with Crippen LogP contribution in [0.3, 0.4) is 0 Å². The van der Waals surface area contributed by atoms with E-state index in [1.54, 1.807) is 4.68 Å². The van der Waals surface area contributed by atoms with Crippen LogP contribution in [0.25, 0.3) is 28.2 Å². The average Bonchev–Trinajstić information content (AvgIpc) is 3.43. The quantitative estimate of drug-likeness (QED) is 0.436. The van der Waals surface area contributed by atoms with Gasteiger partial charge in [0, 0.05) is 5.56 Å². The molecule has 0 aliphatic carbocycles. The number of fused-ring (bicyclic) bond motifs is 1. The Kier molecular flexibility index (Phi) is 4.62. The molecule has 9 nitrogen and oxygen atoms in total. The van der Waals surface area contributed by atoms with Crippen molar-refractivity contribution in [3.05, 3.63) is 82.2 Å². The lowest BCUT2D eigenvalue weighted by molar-refractivity contribution is 0.369. The van der Waals surface area contributed by atoms with E-state index in [1.165, 1.54) is 16.5 Å². The van der Waals surface area contributed by atoms with E-state index in [4.69, 9.17) is 4.52 Å². The molecule has 0 atom stereocenters. The van der Waals surface area contributed by atoms with Crippen molar-refractivity contribution in [2.45, 2.75) is 26.8 Å². The number of benzene rings is 2. The standard InChI is InChI=1S/C22H19N7O2/c1-3-15-7-9-17(10-8-15)29-21-19(25-27-29)22(30)28(13-23-21)12-18-24-20(26-31-18)16-6-4-5-14(2)11-16/h4-11,13H,3,12H2,1-2H3. The fraction of sp³-hybridized carbons (Fsp3) is 0.182. The zero-order valence-corrected chi connectivity index (χ0v) is 17.1. The van der Waals surface area contributed by atoms with Gasteiger partial charge < -0.3 is 4.52 Å². The monoisotopic (exact) mass is 413 g/mol. The lowest BCUT2D eigenvalue weighted by Crippen LogP contribution is -2.21. The van der Waals surface area contributed by atoms with Crippen molar-refractivity contribution < 1.29 is 4.52 Å². The predicted octanol–water partition coefficient (Wildman–Crippen LogP) is 2.95. The highest BCUT2D eigenvalue weighted by atomic mass is 16.5. The van der Waals surface area contributed by atoms with Gasteiger partial charge in [0.15, 0.2) is 11.2 Å². The maximum atomic E-state index is 12.9. The number of aromatic nitrogens is 7. The fourth-order valence-corrected chi connectivity index (χ4v) is 3.37. The van der Waals surface area contributed by atoms with Gasteiger partial charge in [0.2, 0.25) is 11.7 Å². The molecule has 31 heavy (non-hydrogen) atoms. The molecular formula is C22H19N7O2. The number of rotatable bonds is 5. The highest BCUT2D eigenvalue weighted by molar-refractivity contribution is 5.70. The van der Waals surface area contributed by atoms with Crippen LogP contribution < -0.4 is 5.56 Å². The molecule has 9 heteroatoms. The number of hydrogen-bond acceptors (Lipinski definition) is 7. The molecule has 0 fully saturated rings. The van der Waals surface area contributed by atoms with E-state index in [9.17, 15) is 4.79 Å². The smallest absolute Gasteiger partial charge is 0.284 e. The van der Waals surface area contributed by atoms with Crippen LogP contribution in [-0.2, 0) is 13.0 Å². The summed E-state index contributed by atoms with van der Waals surface area (Å²) in [4.78, 5) is 21.7. The van der Waals surface area contributed by atoms with Gasteiger partial charge in [-0.05, 0) is 37.1 Å². The molecule has 5 rings (SSSR count). The van der Waals surface area contributed by atoms with Crippen LogP contribution in [-0.4, -0.2) is 34.7 Å². The van der Waals surface area contributed by atoms with Gasteiger partial charge in [-0.1, -0.05) is 53.2 Å². The Morgan fingerprint density at radius 1 is 1.10 bits per heavy atom. The van der Waals surface area contributed by atoms with Gasteiger partial charge in [-0.25, -0.2) is 4.98 Å². The van der Waals surface area contributed by atoms with Crippen LogP contribution in [0.2, 0.25) is 0 Å². The van der Waals surface area contributed by atoms with Crippen molar-refractivity contribution >= 4 is 11.2 Å². The number of hydrogen-bond donors (Lipinski definition) is 0. The van der Waals surface area contributed by atoms with Crippen LogP contribution >= 0.6 is 0 Å². The lowest BCUT2D eigenvalue weighted by Gasteiger charge is -2.04. The molecule has 154 valence electrons. The molecule has 0 radical (unpaired) electrons. The van der Waals surface area contributed by atoms with Crippen molar-refractivity contribution in [3.8, 4) is 17.1 Å². The van der Waals surface area contributed by atoms with Gasteiger partial charge in [0.25, 0.3) is 5.56 Å². The highest BCUT2D eigenvalue weighted by Gasteiger charge is 2.16. The lowest BCUT2D eigenvalue weighted by atomic mass is 10.1. The molecule has 0 aliphatic heterocycles. The molecule has 0 aliphatic rings. The minimum absolute atomic E-state index is 0.0959. The van der Waals surface area contributed by atoms with Crippen molar-refractivity contribution in [1.82, 2.24) is 34.7 Å². The van der Waals surface area contributed by atoms with Gasteiger partial charge in [-0.2, -0.15) is 9.67 Å². The van der Waals surface area contributed by atoms with E-state index in [-0.39, 0.29) is 17.6 Å². The molecule has 0 bridgehead atoms. The minimum Gasteiger partial charge on any atom is -0.337 e. The molecule has 0 N–H and O–H groups in total. The Hall–Kier alpha value is -4.14. The van der Waals surface area contributed by atoms with Gasteiger partial charge in [0.05, 0.1) is 5.69 Å². The first-order chi connectivity index (χ1) is 15.1. The second-order valence-electron chi connectivity index (χ2n) is 7.25. The van der Waals surface area contributed by atoms with Gasteiger partial charge in [-0.15, -0.1) is 5.10 Å². The molecule has 2 aromatic carbocycles. The summed E-state index contributed by atoms with van der Waals surface area (Å²) in [5.74, 6) is 0.782. The van der Waals surface area contributed by atoms with E-state index in [2.05, 4.69) is 32.4 Å². The molecular weight excluding hydrogens is 394 g/mol. The van der Waals surface area contributed by atoms with Crippen LogP contribution in [0.5, 0.6) is 0 Å².